The average Bonchev–Trinajstić information content (AvgIpc) is 2.49. The van der Waals surface area contributed by atoms with Crippen molar-refractivity contribution in [1.29, 1.82) is 0 Å². The molecular formula is C10H14N2O. The van der Waals surface area contributed by atoms with Crippen LogP contribution in [0.5, 0.6) is 0 Å². The highest BCUT2D eigenvalue weighted by Gasteiger charge is 2.29. The van der Waals surface area contributed by atoms with Gasteiger partial charge in [0.1, 0.15) is 0 Å². The van der Waals surface area contributed by atoms with Crippen molar-refractivity contribution in [3.63, 3.8) is 0 Å². The summed E-state index contributed by atoms with van der Waals surface area (Å²) in [6.07, 6.45) is 6.78. The molecule has 0 aromatic carbocycles. The zero-order valence-corrected chi connectivity index (χ0v) is 7.86. The van der Waals surface area contributed by atoms with Gasteiger partial charge in [0.2, 0.25) is 5.91 Å². The number of carbonyl (C=O) groups is 1. The Labute approximate surface area is 78.1 Å². The largest absolute Gasteiger partial charge is 0.339 e. The number of hydrogen-bond acceptors (Lipinski definition) is 2. The van der Waals surface area contributed by atoms with Crippen LogP contribution >= 0.6 is 0 Å². The molecule has 13 heavy (non-hydrogen) atoms. The third-order valence-electron chi connectivity index (χ3n) is 2.76. The molecule has 2 aliphatic heterocycles. The monoisotopic (exact) mass is 178 g/mol. The Hall–Kier alpha value is -1.12. The summed E-state index contributed by atoms with van der Waals surface area (Å²) in [5.41, 5.74) is 1.22. The second kappa shape index (κ2) is 3.32. The molecule has 1 atom stereocenters. The first-order valence-corrected chi connectivity index (χ1v) is 4.74. The van der Waals surface area contributed by atoms with Crippen LogP contribution in [-0.2, 0) is 4.79 Å². The van der Waals surface area contributed by atoms with Gasteiger partial charge >= 0.3 is 0 Å². The molecule has 2 aliphatic rings. The van der Waals surface area contributed by atoms with Crippen molar-refractivity contribution in [2.45, 2.75) is 25.3 Å². The van der Waals surface area contributed by atoms with Gasteiger partial charge in [-0.2, -0.15) is 0 Å². The molecule has 3 nitrogen and oxygen atoms in total. The quantitative estimate of drug-likeness (QED) is 0.589. The van der Waals surface area contributed by atoms with Gasteiger partial charge in [0, 0.05) is 26.2 Å². The molecule has 0 spiro atoms. The van der Waals surface area contributed by atoms with E-state index in [-0.39, 0.29) is 11.9 Å². The summed E-state index contributed by atoms with van der Waals surface area (Å²) in [6.45, 7) is 0.897. The van der Waals surface area contributed by atoms with Crippen LogP contribution in [0, 0.1) is 0 Å². The molecule has 0 aromatic rings. The number of likely N-dealkylation sites (tertiary alicyclic amines) is 1. The van der Waals surface area contributed by atoms with Crippen molar-refractivity contribution >= 4 is 12.1 Å². The standard InChI is InChI=1S/C10H14N2O/c1-12-9(4-5-10(12)13)8-3-2-6-11-7-8/h3,7,9H,2,4-6H2,1H3/t9-/m0/s1. The number of rotatable bonds is 1. The smallest absolute Gasteiger partial charge is 0.222 e. The molecule has 0 radical (unpaired) electrons. The van der Waals surface area contributed by atoms with E-state index in [0.717, 1.165) is 19.4 Å². The normalized spacial score (nSPS) is 28.1. The maximum Gasteiger partial charge on any atom is 0.222 e. The van der Waals surface area contributed by atoms with Gasteiger partial charge in [-0.15, -0.1) is 0 Å². The summed E-state index contributed by atoms with van der Waals surface area (Å²) in [6, 6.07) is 0.288. The first-order valence-electron chi connectivity index (χ1n) is 4.74. The zero-order chi connectivity index (χ0) is 9.26. The number of carbonyl (C=O) groups excluding carboxylic acids is 1. The zero-order valence-electron chi connectivity index (χ0n) is 7.86. The van der Waals surface area contributed by atoms with Crippen LogP contribution in [0.1, 0.15) is 19.3 Å². The number of nitrogens with zero attached hydrogens (tertiary/aromatic N) is 2. The first-order chi connectivity index (χ1) is 6.29. The molecule has 1 saturated heterocycles. The minimum atomic E-state index is 0.255. The lowest BCUT2D eigenvalue weighted by Crippen LogP contribution is -2.31. The number of dihydropyridines is 1. The summed E-state index contributed by atoms with van der Waals surface area (Å²) < 4.78 is 0. The van der Waals surface area contributed by atoms with E-state index in [1.807, 2.05) is 18.2 Å². The van der Waals surface area contributed by atoms with E-state index in [1.165, 1.54) is 5.57 Å². The molecule has 1 amide bonds. The molecule has 3 heteroatoms. The van der Waals surface area contributed by atoms with Crippen molar-refractivity contribution < 1.29 is 4.79 Å². The van der Waals surface area contributed by atoms with Gasteiger partial charge in [-0.3, -0.25) is 9.79 Å². The highest BCUT2D eigenvalue weighted by atomic mass is 16.2. The van der Waals surface area contributed by atoms with Crippen molar-refractivity contribution in [2.24, 2.45) is 4.99 Å². The Morgan fingerprint density at radius 3 is 3.00 bits per heavy atom. The van der Waals surface area contributed by atoms with Gasteiger partial charge in [-0.1, -0.05) is 6.08 Å². The van der Waals surface area contributed by atoms with Gasteiger partial charge in [-0.25, -0.2) is 0 Å². The Morgan fingerprint density at radius 1 is 1.62 bits per heavy atom. The molecular weight excluding hydrogens is 164 g/mol. The van der Waals surface area contributed by atoms with Gasteiger partial charge in [0.25, 0.3) is 0 Å². The Kier molecular flexibility index (Phi) is 2.17. The topological polar surface area (TPSA) is 32.7 Å². The molecule has 0 saturated carbocycles. The Bertz CT molecular complexity index is 281. The maximum absolute atomic E-state index is 11.3. The fourth-order valence-electron chi connectivity index (χ4n) is 1.94. The number of hydrogen-bond donors (Lipinski definition) is 0. The fourth-order valence-corrected chi connectivity index (χ4v) is 1.94. The van der Waals surface area contributed by atoms with E-state index in [1.54, 1.807) is 0 Å². The molecule has 0 N–H and O–H groups in total. The lowest BCUT2D eigenvalue weighted by molar-refractivity contribution is -0.127. The molecule has 70 valence electrons. The highest BCUT2D eigenvalue weighted by Crippen LogP contribution is 2.23. The van der Waals surface area contributed by atoms with E-state index in [9.17, 15) is 4.79 Å². The van der Waals surface area contributed by atoms with Crippen LogP contribution < -0.4 is 0 Å². The number of likely N-dealkylation sites (N-methyl/N-ethyl adjacent to an activating group) is 1. The van der Waals surface area contributed by atoms with Crippen LogP contribution in [0.4, 0.5) is 0 Å². The molecule has 0 unspecified atom stereocenters. The predicted molar refractivity (Wildman–Crippen MR) is 51.9 cm³/mol. The SMILES string of the molecule is CN1C(=O)CC[C@H]1C1=CCCN=C1. The van der Waals surface area contributed by atoms with Crippen LogP contribution in [0.2, 0.25) is 0 Å². The van der Waals surface area contributed by atoms with E-state index < -0.39 is 0 Å². The lowest BCUT2D eigenvalue weighted by atomic mass is 10.0. The van der Waals surface area contributed by atoms with Crippen LogP contribution in [-0.4, -0.2) is 36.7 Å². The second-order valence-electron chi connectivity index (χ2n) is 3.59. The number of amides is 1. The molecule has 2 heterocycles. The summed E-state index contributed by atoms with van der Waals surface area (Å²) in [5.74, 6) is 0.255. The maximum atomic E-state index is 11.3. The molecule has 1 fully saturated rings. The van der Waals surface area contributed by atoms with Crippen molar-refractivity contribution in [1.82, 2.24) is 4.90 Å². The third kappa shape index (κ3) is 1.50. The van der Waals surface area contributed by atoms with Crippen LogP contribution in [0.15, 0.2) is 16.6 Å². The average molecular weight is 178 g/mol. The van der Waals surface area contributed by atoms with E-state index in [4.69, 9.17) is 0 Å². The van der Waals surface area contributed by atoms with Crippen LogP contribution in [0.3, 0.4) is 0 Å². The van der Waals surface area contributed by atoms with Crippen molar-refractivity contribution in [2.75, 3.05) is 13.6 Å². The summed E-state index contributed by atoms with van der Waals surface area (Å²) in [5, 5.41) is 0. The second-order valence-corrected chi connectivity index (χ2v) is 3.59. The molecule has 0 bridgehead atoms. The highest BCUT2D eigenvalue weighted by molar-refractivity contribution is 5.86. The molecule has 2 rings (SSSR count). The van der Waals surface area contributed by atoms with Crippen molar-refractivity contribution in [3.8, 4) is 0 Å². The van der Waals surface area contributed by atoms with Gasteiger partial charge in [-0.05, 0) is 18.4 Å². The lowest BCUT2D eigenvalue weighted by Gasteiger charge is -2.21. The first kappa shape index (κ1) is 8.48. The minimum Gasteiger partial charge on any atom is -0.339 e. The van der Waals surface area contributed by atoms with Gasteiger partial charge in [0.05, 0.1) is 6.04 Å². The molecule has 0 aromatic heterocycles. The minimum absolute atomic E-state index is 0.255. The summed E-state index contributed by atoms with van der Waals surface area (Å²) in [7, 11) is 1.88. The summed E-state index contributed by atoms with van der Waals surface area (Å²) in [4.78, 5) is 17.3. The molecule has 0 aliphatic carbocycles. The predicted octanol–water partition coefficient (Wildman–Crippen LogP) is 1.01. The summed E-state index contributed by atoms with van der Waals surface area (Å²) >= 11 is 0. The van der Waals surface area contributed by atoms with Gasteiger partial charge in [0.15, 0.2) is 0 Å². The van der Waals surface area contributed by atoms with Gasteiger partial charge < -0.3 is 4.90 Å². The van der Waals surface area contributed by atoms with Crippen molar-refractivity contribution in [3.05, 3.63) is 11.6 Å². The Balaban J connectivity index is 2.13. The van der Waals surface area contributed by atoms with E-state index >= 15 is 0 Å². The van der Waals surface area contributed by atoms with E-state index in [2.05, 4.69) is 11.1 Å². The third-order valence-corrected chi connectivity index (χ3v) is 2.76. The van der Waals surface area contributed by atoms with Crippen LogP contribution in [0.25, 0.3) is 0 Å². The van der Waals surface area contributed by atoms with E-state index in [0.29, 0.717) is 6.42 Å². The fraction of sp³-hybridized carbons (Fsp3) is 0.600. The Morgan fingerprint density at radius 2 is 2.46 bits per heavy atom. The number of aliphatic imine (C=N–C) groups is 1.